The maximum Gasteiger partial charge on any atom is 0.328 e. The maximum absolute atomic E-state index is 13.0. The Kier molecular flexibility index (Phi) is 8.31. The Morgan fingerprint density at radius 2 is 2.12 bits per heavy atom. The summed E-state index contributed by atoms with van der Waals surface area (Å²) in [5.41, 5.74) is 2.17. The molecule has 2 aromatic rings. The Labute approximate surface area is 200 Å². The highest BCUT2D eigenvalue weighted by molar-refractivity contribution is 8.00. The van der Waals surface area contributed by atoms with Crippen molar-refractivity contribution in [2.24, 2.45) is 5.92 Å². The van der Waals surface area contributed by atoms with E-state index >= 15 is 0 Å². The third-order valence-corrected chi connectivity index (χ3v) is 7.81. The van der Waals surface area contributed by atoms with Crippen LogP contribution >= 0.6 is 23.1 Å². The van der Waals surface area contributed by atoms with Gasteiger partial charge in [0.15, 0.2) is 0 Å². The molecule has 9 heteroatoms. The average molecular weight is 484 g/mol. The minimum absolute atomic E-state index is 0.163. The van der Waals surface area contributed by atoms with Gasteiger partial charge in [-0.3, -0.25) is 9.59 Å². The van der Waals surface area contributed by atoms with Crippen LogP contribution in [0.1, 0.15) is 42.7 Å². The predicted molar refractivity (Wildman–Crippen MR) is 131 cm³/mol. The number of nitriles is 1. The topological polar surface area (TPSA) is 119 Å². The maximum atomic E-state index is 13.0. The number of thioether (sulfide) groups is 1. The van der Waals surface area contributed by atoms with Gasteiger partial charge in [-0.1, -0.05) is 19.9 Å². The molecule has 0 saturated carbocycles. The molecular formula is C24H25N3O4S2. The highest BCUT2D eigenvalue weighted by Gasteiger charge is 2.26. The van der Waals surface area contributed by atoms with E-state index < -0.39 is 11.9 Å². The lowest BCUT2D eigenvalue weighted by atomic mass is 9.88. The van der Waals surface area contributed by atoms with Crippen molar-refractivity contribution in [2.75, 3.05) is 10.6 Å². The number of thiophene rings is 1. The van der Waals surface area contributed by atoms with Gasteiger partial charge in [0.05, 0.1) is 10.8 Å². The van der Waals surface area contributed by atoms with E-state index in [2.05, 4.69) is 23.6 Å². The minimum Gasteiger partial charge on any atom is -0.478 e. The lowest BCUT2D eigenvalue weighted by molar-refractivity contribution is -0.131. The van der Waals surface area contributed by atoms with Gasteiger partial charge in [0.25, 0.3) is 0 Å². The summed E-state index contributed by atoms with van der Waals surface area (Å²) < 4.78 is 0. The number of carboxylic acids is 1. The van der Waals surface area contributed by atoms with Crippen LogP contribution < -0.4 is 10.6 Å². The van der Waals surface area contributed by atoms with Crippen LogP contribution in [0.5, 0.6) is 0 Å². The van der Waals surface area contributed by atoms with E-state index in [0.29, 0.717) is 28.6 Å². The number of benzene rings is 1. The fraction of sp³-hybridized carbons (Fsp3) is 0.333. The van der Waals surface area contributed by atoms with Crippen molar-refractivity contribution in [3.63, 3.8) is 0 Å². The summed E-state index contributed by atoms with van der Waals surface area (Å²) in [7, 11) is 0. The van der Waals surface area contributed by atoms with Crippen LogP contribution in [0.15, 0.2) is 41.3 Å². The van der Waals surface area contributed by atoms with Crippen LogP contribution in [0.25, 0.3) is 0 Å². The quantitative estimate of drug-likeness (QED) is 0.365. The van der Waals surface area contributed by atoms with Gasteiger partial charge < -0.3 is 15.7 Å². The summed E-state index contributed by atoms with van der Waals surface area (Å²) in [6.45, 7) is 4.13. The van der Waals surface area contributed by atoms with E-state index in [1.165, 1.54) is 28.0 Å². The van der Waals surface area contributed by atoms with Gasteiger partial charge in [-0.25, -0.2) is 4.79 Å². The zero-order valence-corrected chi connectivity index (χ0v) is 20.0. The molecule has 2 atom stereocenters. The standard InChI is InChI=1S/C24H25N3O4S2/c1-3-19(32-16-6-4-5-15(12-16)26-21(28)9-10-22(29)30)23(31)27-24-18(13-25)17-8-7-14(2)11-20(17)33-24/h4-6,9-10,12,14,19H,3,7-8,11H2,1-2H3,(H,26,28)(H,27,31)(H,29,30)/b10-9+. The van der Waals surface area contributed by atoms with Crippen LogP contribution in [0.2, 0.25) is 0 Å². The second-order valence-corrected chi connectivity index (χ2v) is 10.2. The monoisotopic (exact) mass is 483 g/mol. The first kappa shape index (κ1) is 24.6. The average Bonchev–Trinajstić information content (AvgIpc) is 3.11. The molecule has 1 heterocycles. The number of carbonyl (C=O) groups is 3. The highest BCUT2D eigenvalue weighted by atomic mass is 32.2. The van der Waals surface area contributed by atoms with Crippen LogP contribution in [0.3, 0.4) is 0 Å². The summed E-state index contributed by atoms with van der Waals surface area (Å²) in [6, 6.07) is 9.30. The molecule has 7 nitrogen and oxygen atoms in total. The zero-order valence-electron chi connectivity index (χ0n) is 18.4. The van der Waals surface area contributed by atoms with E-state index in [-0.39, 0.29) is 11.2 Å². The van der Waals surface area contributed by atoms with Gasteiger partial charge in [-0.2, -0.15) is 5.26 Å². The Bertz CT molecular complexity index is 1130. The summed E-state index contributed by atoms with van der Waals surface area (Å²) >= 11 is 2.88. The fourth-order valence-corrected chi connectivity index (χ4v) is 5.99. The molecule has 0 aliphatic heterocycles. The lowest BCUT2D eigenvalue weighted by Gasteiger charge is -2.17. The second-order valence-electron chi connectivity index (χ2n) is 7.86. The highest BCUT2D eigenvalue weighted by Crippen LogP contribution is 2.39. The van der Waals surface area contributed by atoms with Gasteiger partial charge in [0.2, 0.25) is 11.8 Å². The molecule has 0 radical (unpaired) electrons. The number of rotatable bonds is 8. The number of hydrogen-bond acceptors (Lipinski definition) is 6. The van der Waals surface area contributed by atoms with Crippen LogP contribution in [-0.4, -0.2) is 28.1 Å². The lowest BCUT2D eigenvalue weighted by Crippen LogP contribution is -2.24. The van der Waals surface area contributed by atoms with E-state index in [1.54, 1.807) is 18.2 Å². The van der Waals surface area contributed by atoms with Crippen molar-refractivity contribution in [3.8, 4) is 6.07 Å². The minimum atomic E-state index is -1.20. The van der Waals surface area contributed by atoms with Gasteiger partial charge >= 0.3 is 5.97 Å². The molecule has 1 aliphatic rings. The molecule has 0 saturated heterocycles. The first-order valence-corrected chi connectivity index (χ1v) is 12.3. The number of nitrogens with zero attached hydrogens (tertiary/aromatic N) is 1. The summed E-state index contributed by atoms with van der Waals surface area (Å²) in [6.07, 6.45) is 5.16. The number of carboxylic acid groups (broad SMARTS) is 1. The number of nitrogens with one attached hydrogen (secondary N) is 2. The molecule has 1 aliphatic carbocycles. The predicted octanol–water partition coefficient (Wildman–Crippen LogP) is 4.83. The van der Waals surface area contributed by atoms with Crippen LogP contribution in [0.4, 0.5) is 10.7 Å². The molecule has 0 fully saturated rings. The fourth-order valence-electron chi connectivity index (χ4n) is 3.61. The number of amides is 2. The van der Waals surface area contributed by atoms with Crippen molar-refractivity contribution in [3.05, 3.63) is 52.4 Å². The van der Waals surface area contributed by atoms with Crippen LogP contribution in [0, 0.1) is 17.2 Å². The smallest absolute Gasteiger partial charge is 0.328 e. The molecular weight excluding hydrogens is 458 g/mol. The third kappa shape index (κ3) is 6.46. The molecule has 0 bridgehead atoms. The molecule has 2 unspecified atom stereocenters. The summed E-state index contributed by atoms with van der Waals surface area (Å²) in [5.74, 6) is -1.33. The van der Waals surface area contributed by atoms with Gasteiger partial charge in [0.1, 0.15) is 11.1 Å². The van der Waals surface area contributed by atoms with Crippen molar-refractivity contribution in [1.29, 1.82) is 5.26 Å². The molecule has 3 rings (SSSR count). The summed E-state index contributed by atoms with van der Waals surface area (Å²) in [4.78, 5) is 37.4. The molecule has 3 N–H and O–H groups in total. The number of fused-ring (bicyclic) bond motifs is 1. The summed E-state index contributed by atoms with van der Waals surface area (Å²) in [5, 5.41) is 24.1. The normalized spacial score (nSPS) is 16.0. The Morgan fingerprint density at radius 3 is 2.82 bits per heavy atom. The first-order valence-electron chi connectivity index (χ1n) is 10.6. The Hall–Kier alpha value is -3.09. The Balaban J connectivity index is 1.69. The van der Waals surface area contributed by atoms with Crippen LogP contribution in [-0.2, 0) is 27.2 Å². The SMILES string of the molecule is CCC(Sc1cccc(NC(=O)/C=C/C(=O)O)c1)C(=O)Nc1sc2c(c1C#N)CCC(C)C2. The number of anilines is 2. The Morgan fingerprint density at radius 1 is 1.33 bits per heavy atom. The van der Waals surface area contributed by atoms with Gasteiger partial charge in [-0.15, -0.1) is 23.1 Å². The number of aliphatic carboxylic acids is 1. The second kappa shape index (κ2) is 11.2. The third-order valence-electron chi connectivity index (χ3n) is 5.28. The molecule has 33 heavy (non-hydrogen) atoms. The van der Waals surface area contributed by atoms with Crippen molar-refractivity contribution >= 4 is 51.6 Å². The molecule has 2 amide bonds. The van der Waals surface area contributed by atoms with Crippen molar-refractivity contribution in [2.45, 2.75) is 49.7 Å². The molecule has 172 valence electrons. The van der Waals surface area contributed by atoms with Gasteiger partial charge in [-0.05, 0) is 55.4 Å². The largest absolute Gasteiger partial charge is 0.478 e. The van der Waals surface area contributed by atoms with E-state index in [0.717, 1.165) is 41.9 Å². The molecule has 0 spiro atoms. The molecule has 1 aromatic carbocycles. The van der Waals surface area contributed by atoms with E-state index in [9.17, 15) is 19.6 Å². The number of hydrogen-bond donors (Lipinski definition) is 3. The number of carbonyl (C=O) groups excluding carboxylic acids is 2. The first-order chi connectivity index (χ1) is 15.8. The van der Waals surface area contributed by atoms with Crippen molar-refractivity contribution in [1.82, 2.24) is 0 Å². The van der Waals surface area contributed by atoms with E-state index in [1.807, 2.05) is 13.0 Å². The van der Waals surface area contributed by atoms with E-state index in [4.69, 9.17) is 5.11 Å². The van der Waals surface area contributed by atoms with Gasteiger partial charge in [0, 0.05) is 27.6 Å². The molecule has 1 aromatic heterocycles. The zero-order chi connectivity index (χ0) is 24.0. The van der Waals surface area contributed by atoms with Crippen molar-refractivity contribution < 1.29 is 19.5 Å².